The zero-order chi connectivity index (χ0) is 23.9. The van der Waals surface area contributed by atoms with Gasteiger partial charge in [0.25, 0.3) is 0 Å². The lowest BCUT2D eigenvalue weighted by Gasteiger charge is -2.28. The number of hydrogen-bond acceptors (Lipinski definition) is 0. The van der Waals surface area contributed by atoms with Gasteiger partial charge in [-0.3, -0.25) is 0 Å². The molecule has 3 aromatic carbocycles. The highest BCUT2D eigenvalue weighted by molar-refractivity contribution is 5.84. The smallest absolute Gasteiger partial charge is 0.195 e. The van der Waals surface area contributed by atoms with Crippen molar-refractivity contribution in [1.82, 2.24) is 0 Å². The van der Waals surface area contributed by atoms with E-state index in [0.717, 1.165) is 31.4 Å². The van der Waals surface area contributed by atoms with E-state index in [2.05, 4.69) is 11.8 Å². The van der Waals surface area contributed by atoms with Crippen molar-refractivity contribution in [3.63, 3.8) is 0 Å². The molecule has 4 rings (SSSR count). The predicted octanol–water partition coefficient (Wildman–Crippen LogP) is 7.90. The minimum Gasteiger partial charge on any atom is -0.204 e. The molecule has 0 atom stereocenters. The van der Waals surface area contributed by atoms with Crippen molar-refractivity contribution in [1.29, 1.82) is 0 Å². The van der Waals surface area contributed by atoms with Crippen LogP contribution in [0.3, 0.4) is 0 Å². The molecule has 7 heteroatoms. The van der Waals surface area contributed by atoms with E-state index in [4.69, 9.17) is 0 Å². The fraction of sp³-hybridized carbons (Fsp3) is 0.308. The van der Waals surface area contributed by atoms with E-state index >= 15 is 0 Å². The van der Waals surface area contributed by atoms with E-state index in [1.807, 2.05) is 6.92 Å². The number of rotatable bonds is 2. The van der Waals surface area contributed by atoms with Gasteiger partial charge in [-0.05, 0) is 61.1 Å². The summed E-state index contributed by atoms with van der Waals surface area (Å²) >= 11 is 0. The first-order valence-electron chi connectivity index (χ1n) is 10.7. The van der Waals surface area contributed by atoms with Crippen molar-refractivity contribution in [2.24, 2.45) is 5.92 Å². The number of benzene rings is 3. The van der Waals surface area contributed by atoms with E-state index < -0.39 is 57.8 Å². The summed E-state index contributed by atoms with van der Waals surface area (Å²) in [6, 6.07) is 4.28. The average Bonchev–Trinajstić information content (AvgIpc) is 2.82. The number of hydrogen-bond donors (Lipinski definition) is 0. The van der Waals surface area contributed by atoms with Gasteiger partial charge >= 0.3 is 0 Å². The maximum atomic E-state index is 14.8. The normalized spacial score (nSPS) is 18.3. The summed E-state index contributed by atoms with van der Waals surface area (Å²) in [6.45, 7) is 2.03. The number of halogens is 7. The molecule has 0 unspecified atom stereocenters. The molecule has 33 heavy (non-hydrogen) atoms. The maximum Gasteiger partial charge on any atom is 0.195 e. The first kappa shape index (κ1) is 23.2. The molecule has 1 aliphatic rings. The Kier molecular flexibility index (Phi) is 6.38. The minimum atomic E-state index is -1.63. The van der Waals surface area contributed by atoms with Gasteiger partial charge in [-0.15, -0.1) is 0 Å². The van der Waals surface area contributed by atoms with E-state index in [9.17, 15) is 30.7 Å². The van der Waals surface area contributed by atoms with Crippen LogP contribution >= 0.6 is 0 Å². The number of fused-ring (bicyclic) bond motifs is 1. The lowest BCUT2D eigenvalue weighted by atomic mass is 9.77. The highest BCUT2D eigenvalue weighted by Gasteiger charge is 2.31. The summed E-state index contributed by atoms with van der Waals surface area (Å²) in [4.78, 5) is 0. The second kappa shape index (κ2) is 9.09. The molecule has 0 saturated heterocycles. The molecular formula is C26H19F7. The van der Waals surface area contributed by atoms with E-state index in [1.165, 1.54) is 12.1 Å². The fourth-order valence-electron chi connectivity index (χ4n) is 4.49. The van der Waals surface area contributed by atoms with Gasteiger partial charge in [0, 0.05) is 16.5 Å². The van der Waals surface area contributed by atoms with Crippen molar-refractivity contribution in [2.75, 3.05) is 0 Å². The van der Waals surface area contributed by atoms with Crippen LogP contribution in [0.5, 0.6) is 0 Å². The summed E-state index contributed by atoms with van der Waals surface area (Å²) in [5.74, 6) is -6.19. The van der Waals surface area contributed by atoms with Crippen LogP contribution in [0.4, 0.5) is 30.7 Å². The van der Waals surface area contributed by atoms with Crippen molar-refractivity contribution >= 4 is 10.8 Å². The highest BCUT2D eigenvalue weighted by atomic mass is 19.2. The Hall–Kier alpha value is -3.01. The molecule has 3 aromatic rings. The van der Waals surface area contributed by atoms with Gasteiger partial charge in [0.1, 0.15) is 5.56 Å². The van der Waals surface area contributed by atoms with Crippen LogP contribution in [-0.4, -0.2) is 0 Å². The SMILES string of the molecule is CCC1CCC(c2c(F)c(F)c(C#Cc3ccc4c(F)c(F)c(F)cc4c3)c(F)c2F)CC1. The monoisotopic (exact) mass is 464 g/mol. The summed E-state index contributed by atoms with van der Waals surface area (Å²) in [5, 5.41) is -0.245. The Morgan fingerprint density at radius 2 is 1.36 bits per heavy atom. The summed E-state index contributed by atoms with van der Waals surface area (Å²) in [5.41, 5.74) is -1.58. The van der Waals surface area contributed by atoms with Crippen molar-refractivity contribution in [3.8, 4) is 11.8 Å². The molecule has 0 nitrogen and oxygen atoms in total. The second-order valence-corrected chi connectivity index (χ2v) is 8.34. The van der Waals surface area contributed by atoms with Crippen LogP contribution in [0, 0.1) is 58.5 Å². The largest absolute Gasteiger partial charge is 0.204 e. The van der Waals surface area contributed by atoms with Crippen molar-refractivity contribution in [2.45, 2.75) is 44.9 Å². The fourth-order valence-corrected chi connectivity index (χ4v) is 4.49. The summed E-state index contributed by atoms with van der Waals surface area (Å²) in [7, 11) is 0. The molecule has 0 N–H and O–H groups in total. The van der Waals surface area contributed by atoms with Gasteiger partial charge in [0.05, 0.1) is 0 Å². The van der Waals surface area contributed by atoms with E-state index in [-0.39, 0.29) is 16.3 Å². The van der Waals surface area contributed by atoms with Crippen LogP contribution in [0.2, 0.25) is 0 Å². The van der Waals surface area contributed by atoms with Crippen LogP contribution in [0.1, 0.15) is 61.6 Å². The molecule has 0 heterocycles. The molecule has 0 bridgehead atoms. The first-order chi connectivity index (χ1) is 15.7. The molecule has 0 aromatic heterocycles. The van der Waals surface area contributed by atoms with Crippen molar-refractivity contribution < 1.29 is 30.7 Å². The predicted molar refractivity (Wildman–Crippen MR) is 111 cm³/mol. The minimum absolute atomic E-state index is 0.0328. The summed E-state index contributed by atoms with van der Waals surface area (Å²) < 4.78 is 99.6. The second-order valence-electron chi connectivity index (χ2n) is 8.34. The lowest BCUT2D eigenvalue weighted by Crippen LogP contribution is -2.17. The van der Waals surface area contributed by atoms with Gasteiger partial charge in [-0.2, -0.15) is 0 Å². The van der Waals surface area contributed by atoms with Gasteiger partial charge in [-0.1, -0.05) is 31.3 Å². The standard InChI is InChI=1S/C26H19F7/c1-2-13-3-7-15(8-4-13)20-25(32)22(29)18(23(30)26(20)33)10-6-14-5-9-17-16(11-14)12-19(27)24(31)21(17)28/h5,9,11-13,15H,2-4,7-8H2,1H3. The Labute approximate surface area is 186 Å². The van der Waals surface area contributed by atoms with Crippen LogP contribution in [-0.2, 0) is 0 Å². The quantitative estimate of drug-likeness (QED) is 0.157. The Morgan fingerprint density at radius 3 is 1.97 bits per heavy atom. The molecule has 0 amide bonds. The van der Waals surface area contributed by atoms with Gasteiger partial charge in [0.2, 0.25) is 0 Å². The third-order valence-electron chi connectivity index (χ3n) is 6.43. The molecule has 172 valence electrons. The molecule has 1 aliphatic carbocycles. The van der Waals surface area contributed by atoms with Crippen LogP contribution in [0.25, 0.3) is 10.8 Å². The van der Waals surface area contributed by atoms with Crippen molar-refractivity contribution in [3.05, 3.63) is 81.7 Å². The topological polar surface area (TPSA) is 0 Å². The average molecular weight is 464 g/mol. The molecule has 1 fully saturated rings. The summed E-state index contributed by atoms with van der Waals surface area (Å²) in [6.07, 6.45) is 3.30. The van der Waals surface area contributed by atoms with E-state index in [1.54, 1.807) is 0 Å². The van der Waals surface area contributed by atoms with Gasteiger partial charge in [-0.25, -0.2) is 30.7 Å². The van der Waals surface area contributed by atoms with Gasteiger partial charge < -0.3 is 0 Å². The van der Waals surface area contributed by atoms with Crippen LogP contribution in [0.15, 0.2) is 24.3 Å². The Balaban J connectivity index is 1.71. The lowest BCUT2D eigenvalue weighted by molar-refractivity contribution is 0.303. The third-order valence-corrected chi connectivity index (χ3v) is 6.43. The Bertz CT molecular complexity index is 1260. The third kappa shape index (κ3) is 4.19. The zero-order valence-corrected chi connectivity index (χ0v) is 17.6. The van der Waals surface area contributed by atoms with Crippen LogP contribution < -0.4 is 0 Å². The maximum absolute atomic E-state index is 14.8. The molecule has 0 aliphatic heterocycles. The molecule has 0 spiro atoms. The first-order valence-corrected chi connectivity index (χ1v) is 10.7. The zero-order valence-electron chi connectivity index (χ0n) is 17.6. The van der Waals surface area contributed by atoms with Gasteiger partial charge in [0.15, 0.2) is 40.7 Å². The highest BCUT2D eigenvalue weighted by Crippen LogP contribution is 2.40. The van der Waals surface area contributed by atoms with E-state index in [0.29, 0.717) is 18.8 Å². The molecule has 1 saturated carbocycles. The Morgan fingerprint density at radius 1 is 0.727 bits per heavy atom. The molecule has 0 radical (unpaired) electrons. The molecular weight excluding hydrogens is 445 g/mol.